The van der Waals surface area contributed by atoms with E-state index in [1.807, 2.05) is 19.9 Å². The van der Waals surface area contributed by atoms with Crippen molar-refractivity contribution in [3.8, 4) is 0 Å². The number of imidazole rings is 1. The molecular formula is C21H32N4O3S. The van der Waals surface area contributed by atoms with Crippen molar-refractivity contribution in [2.75, 3.05) is 13.1 Å². The number of benzene rings is 1. The minimum Gasteiger partial charge on any atom is -0.354 e. The van der Waals surface area contributed by atoms with E-state index in [0.29, 0.717) is 36.3 Å². The highest BCUT2D eigenvalue weighted by Gasteiger charge is 2.27. The second-order valence-corrected chi connectivity index (χ2v) is 9.76. The van der Waals surface area contributed by atoms with Gasteiger partial charge in [0.1, 0.15) is 5.82 Å². The number of sulfonamides is 1. The molecule has 1 aliphatic rings. The molecule has 7 nitrogen and oxygen atoms in total. The molecule has 1 aromatic heterocycles. The SMILES string of the molecule is CCCn1c(CCC(=O)N[C@H](C)CC)nc2cc(S(=O)(=O)N3CCCC3)ccc21. The van der Waals surface area contributed by atoms with E-state index in [-0.39, 0.29) is 11.9 Å². The van der Waals surface area contributed by atoms with Crippen LogP contribution in [0.1, 0.15) is 58.7 Å². The summed E-state index contributed by atoms with van der Waals surface area (Å²) in [5.41, 5.74) is 1.60. The van der Waals surface area contributed by atoms with E-state index in [0.717, 1.165) is 43.6 Å². The maximum Gasteiger partial charge on any atom is 0.243 e. The Morgan fingerprint density at radius 1 is 1.24 bits per heavy atom. The quantitative estimate of drug-likeness (QED) is 0.676. The lowest BCUT2D eigenvalue weighted by Gasteiger charge is -2.15. The normalized spacial score (nSPS) is 16.4. The molecule has 3 rings (SSSR count). The fraction of sp³-hybridized carbons (Fsp3) is 0.619. The van der Waals surface area contributed by atoms with Crippen molar-refractivity contribution < 1.29 is 13.2 Å². The molecule has 2 heterocycles. The van der Waals surface area contributed by atoms with Crippen molar-refractivity contribution in [1.82, 2.24) is 19.2 Å². The molecule has 0 bridgehead atoms. The molecule has 1 amide bonds. The van der Waals surface area contributed by atoms with Crippen LogP contribution in [0.4, 0.5) is 0 Å². The third-order valence-corrected chi connectivity index (χ3v) is 7.44. The standard InChI is InChI=1S/C21H32N4O3S/c1-4-12-25-19-9-8-17(29(27,28)24-13-6-7-14-24)15-18(19)23-20(25)10-11-21(26)22-16(3)5-2/h8-9,15-16H,4-7,10-14H2,1-3H3,(H,22,26)/t16-/m1/s1. The Hall–Kier alpha value is -1.93. The first-order chi connectivity index (χ1) is 13.9. The summed E-state index contributed by atoms with van der Waals surface area (Å²) in [6.07, 6.45) is 4.56. The molecule has 1 N–H and O–H groups in total. The summed E-state index contributed by atoms with van der Waals surface area (Å²) in [4.78, 5) is 17.2. The highest BCUT2D eigenvalue weighted by atomic mass is 32.2. The lowest BCUT2D eigenvalue weighted by molar-refractivity contribution is -0.121. The van der Waals surface area contributed by atoms with Gasteiger partial charge in [-0.1, -0.05) is 13.8 Å². The second-order valence-electron chi connectivity index (χ2n) is 7.82. The van der Waals surface area contributed by atoms with E-state index in [1.165, 1.54) is 0 Å². The second kappa shape index (κ2) is 9.26. The highest BCUT2D eigenvalue weighted by Crippen LogP contribution is 2.25. The lowest BCUT2D eigenvalue weighted by atomic mass is 10.2. The summed E-state index contributed by atoms with van der Waals surface area (Å²) >= 11 is 0. The zero-order valence-electron chi connectivity index (χ0n) is 17.6. The molecule has 0 aliphatic carbocycles. The van der Waals surface area contributed by atoms with Crippen LogP contribution in [-0.4, -0.2) is 47.3 Å². The molecule has 1 aliphatic heterocycles. The summed E-state index contributed by atoms with van der Waals surface area (Å²) in [6.45, 7) is 8.09. The Morgan fingerprint density at radius 2 is 1.97 bits per heavy atom. The van der Waals surface area contributed by atoms with Gasteiger partial charge in [-0.3, -0.25) is 4.79 Å². The van der Waals surface area contributed by atoms with E-state index in [9.17, 15) is 13.2 Å². The average Bonchev–Trinajstić information content (AvgIpc) is 3.35. The third-order valence-electron chi connectivity index (χ3n) is 5.54. The summed E-state index contributed by atoms with van der Waals surface area (Å²) in [6, 6.07) is 5.38. The van der Waals surface area contributed by atoms with Crippen molar-refractivity contribution in [3.05, 3.63) is 24.0 Å². The monoisotopic (exact) mass is 420 g/mol. The zero-order valence-corrected chi connectivity index (χ0v) is 18.5. The average molecular weight is 421 g/mol. The molecule has 29 heavy (non-hydrogen) atoms. The topological polar surface area (TPSA) is 84.3 Å². The molecule has 160 valence electrons. The number of hydrogen-bond acceptors (Lipinski definition) is 4. The minimum absolute atomic E-state index is 0.0201. The van der Waals surface area contributed by atoms with Crippen molar-refractivity contribution >= 4 is 27.0 Å². The maximum absolute atomic E-state index is 12.9. The summed E-state index contributed by atoms with van der Waals surface area (Å²) in [7, 11) is -3.47. The highest BCUT2D eigenvalue weighted by molar-refractivity contribution is 7.89. The predicted octanol–water partition coefficient (Wildman–Crippen LogP) is 3.08. The van der Waals surface area contributed by atoms with Gasteiger partial charge in [-0.25, -0.2) is 13.4 Å². The van der Waals surface area contributed by atoms with Crippen LogP contribution in [0.25, 0.3) is 11.0 Å². The zero-order chi connectivity index (χ0) is 21.0. The van der Waals surface area contributed by atoms with Gasteiger partial charge in [-0.2, -0.15) is 4.31 Å². The largest absolute Gasteiger partial charge is 0.354 e. The number of nitrogens with one attached hydrogen (secondary N) is 1. The summed E-state index contributed by atoms with van der Waals surface area (Å²) in [5, 5.41) is 2.98. The molecule has 1 atom stereocenters. The van der Waals surface area contributed by atoms with Gasteiger partial charge < -0.3 is 9.88 Å². The van der Waals surface area contributed by atoms with Crippen LogP contribution >= 0.6 is 0 Å². The number of amides is 1. The summed E-state index contributed by atoms with van der Waals surface area (Å²) in [5.74, 6) is 0.851. The molecule has 1 aromatic carbocycles. The number of fused-ring (bicyclic) bond motifs is 1. The van der Waals surface area contributed by atoms with Gasteiger partial charge in [0, 0.05) is 38.5 Å². The Labute approximate surface area is 173 Å². The van der Waals surface area contributed by atoms with E-state index < -0.39 is 10.0 Å². The van der Waals surface area contributed by atoms with Crippen molar-refractivity contribution in [3.63, 3.8) is 0 Å². The van der Waals surface area contributed by atoms with Gasteiger partial charge in [0.15, 0.2) is 0 Å². The minimum atomic E-state index is -3.47. The number of carbonyl (C=O) groups excluding carboxylic acids is 1. The molecular weight excluding hydrogens is 388 g/mol. The van der Waals surface area contributed by atoms with Gasteiger partial charge >= 0.3 is 0 Å². The number of rotatable bonds is 9. The van der Waals surface area contributed by atoms with Crippen LogP contribution < -0.4 is 5.32 Å². The number of carbonyl (C=O) groups is 1. The molecule has 0 saturated carbocycles. The van der Waals surface area contributed by atoms with Gasteiger partial charge in [-0.15, -0.1) is 0 Å². The molecule has 1 fully saturated rings. The van der Waals surface area contributed by atoms with E-state index in [2.05, 4.69) is 16.8 Å². The number of nitrogens with zero attached hydrogens (tertiary/aromatic N) is 3. The Bertz CT molecular complexity index is 962. The van der Waals surface area contributed by atoms with Crippen molar-refractivity contribution in [1.29, 1.82) is 0 Å². The van der Waals surface area contributed by atoms with Crippen LogP contribution in [0.15, 0.2) is 23.1 Å². The van der Waals surface area contributed by atoms with Crippen LogP contribution in [0.2, 0.25) is 0 Å². The lowest BCUT2D eigenvalue weighted by Crippen LogP contribution is -2.32. The fourth-order valence-electron chi connectivity index (χ4n) is 3.74. The molecule has 0 radical (unpaired) electrons. The maximum atomic E-state index is 12.9. The first kappa shape index (κ1) is 21.8. The molecule has 2 aromatic rings. The number of hydrogen-bond donors (Lipinski definition) is 1. The first-order valence-corrected chi connectivity index (χ1v) is 12.1. The molecule has 1 saturated heterocycles. The first-order valence-electron chi connectivity index (χ1n) is 10.7. The van der Waals surface area contributed by atoms with Gasteiger partial charge in [0.25, 0.3) is 0 Å². The predicted molar refractivity (Wildman–Crippen MR) is 114 cm³/mol. The van der Waals surface area contributed by atoms with E-state index >= 15 is 0 Å². The molecule has 0 unspecified atom stereocenters. The summed E-state index contributed by atoms with van der Waals surface area (Å²) < 4.78 is 29.4. The van der Waals surface area contributed by atoms with Gasteiger partial charge in [-0.05, 0) is 50.8 Å². The third kappa shape index (κ3) is 4.80. The number of aryl methyl sites for hydroxylation is 2. The van der Waals surface area contributed by atoms with Crippen LogP contribution in [-0.2, 0) is 27.8 Å². The van der Waals surface area contributed by atoms with Crippen LogP contribution in [0, 0.1) is 0 Å². The number of aromatic nitrogens is 2. The van der Waals surface area contributed by atoms with Crippen molar-refractivity contribution in [2.45, 2.75) is 76.8 Å². The van der Waals surface area contributed by atoms with Gasteiger partial charge in [0.05, 0.1) is 15.9 Å². The Kier molecular flexibility index (Phi) is 6.95. The van der Waals surface area contributed by atoms with E-state index in [4.69, 9.17) is 4.98 Å². The Balaban J connectivity index is 1.86. The van der Waals surface area contributed by atoms with Crippen molar-refractivity contribution in [2.24, 2.45) is 0 Å². The van der Waals surface area contributed by atoms with Crippen LogP contribution in [0.5, 0.6) is 0 Å². The Morgan fingerprint density at radius 3 is 2.62 bits per heavy atom. The van der Waals surface area contributed by atoms with E-state index in [1.54, 1.807) is 16.4 Å². The molecule has 0 spiro atoms. The smallest absolute Gasteiger partial charge is 0.243 e. The van der Waals surface area contributed by atoms with Gasteiger partial charge in [0.2, 0.25) is 15.9 Å². The fourth-order valence-corrected chi connectivity index (χ4v) is 5.27. The van der Waals surface area contributed by atoms with Crippen LogP contribution in [0.3, 0.4) is 0 Å². The molecule has 8 heteroatoms.